The summed E-state index contributed by atoms with van der Waals surface area (Å²) in [6, 6.07) is 11.1. The first-order valence-electron chi connectivity index (χ1n) is 9.91. The molecule has 2 aromatic carbocycles. The van der Waals surface area contributed by atoms with Crippen molar-refractivity contribution >= 4 is 23.3 Å². The summed E-state index contributed by atoms with van der Waals surface area (Å²) in [6.07, 6.45) is 3.24. The van der Waals surface area contributed by atoms with Crippen LogP contribution < -0.4 is 24.3 Å². The molecule has 0 radical (unpaired) electrons. The predicted octanol–water partition coefficient (Wildman–Crippen LogP) is 4.39. The van der Waals surface area contributed by atoms with Crippen molar-refractivity contribution in [2.75, 3.05) is 21.3 Å². The zero-order chi connectivity index (χ0) is 22.9. The van der Waals surface area contributed by atoms with Crippen LogP contribution in [0.1, 0.15) is 21.8 Å². The van der Waals surface area contributed by atoms with Gasteiger partial charge in [-0.05, 0) is 48.4 Å². The van der Waals surface area contributed by atoms with Crippen LogP contribution in [0.25, 0.3) is 6.08 Å². The summed E-state index contributed by atoms with van der Waals surface area (Å²) in [7, 11) is 4.66. The van der Waals surface area contributed by atoms with Crippen LogP contribution in [0, 0.1) is 6.92 Å². The molecule has 0 spiro atoms. The highest BCUT2D eigenvalue weighted by atomic mass is 32.1. The van der Waals surface area contributed by atoms with Crippen LogP contribution in [0.2, 0.25) is 0 Å². The van der Waals surface area contributed by atoms with E-state index in [-0.39, 0.29) is 5.91 Å². The Balaban J connectivity index is 1.53. The molecule has 0 saturated carbocycles. The van der Waals surface area contributed by atoms with Crippen molar-refractivity contribution in [3.63, 3.8) is 0 Å². The zero-order valence-corrected chi connectivity index (χ0v) is 19.3. The molecule has 8 heteroatoms. The first-order chi connectivity index (χ1) is 15.5. The molecule has 1 heterocycles. The standard InChI is InChI=1S/C24H26N2O5S/c1-16-26-19(15-32-16)14-31-20-8-5-17(6-9-20)7-10-23(27)25-13-18-11-21(28-2)24(30-4)22(12-18)29-3/h5-12,15H,13-14H2,1-4H3,(H,25,27)/b10-7+. The number of thiazole rings is 1. The Kier molecular flexibility index (Phi) is 8.10. The quantitative estimate of drug-likeness (QED) is 0.458. The molecular weight excluding hydrogens is 428 g/mol. The molecule has 0 aliphatic heterocycles. The summed E-state index contributed by atoms with van der Waals surface area (Å²) in [5, 5.41) is 5.86. The number of carbonyl (C=O) groups is 1. The number of methoxy groups -OCH3 is 3. The topological polar surface area (TPSA) is 78.9 Å². The van der Waals surface area contributed by atoms with E-state index in [1.165, 1.54) is 6.08 Å². The lowest BCUT2D eigenvalue weighted by molar-refractivity contribution is -0.116. The average Bonchev–Trinajstić information content (AvgIpc) is 3.24. The molecule has 0 atom stereocenters. The summed E-state index contributed by atoms with van der Waals surface area (Å²) in [5.41, 5.74) is 2.64. The van der Waals surface area contributed by atoms with E-state index in [0.29, 0.717) is 30.4 Å². The second kappa shape index (κ2) is 11.2. The van der Waals surface area contributed by atoms with Gasteiger partial charge in [0.1, 0.15) is 12.4 Å². The van der Waals surface area contributed by atoms with Crippen LogP contribution in [-0.4, -0.2) is 32.2 Å². The van der Waals surface area contributed by atoms with Crippen LogP contribution in [0.15, 0.2) is 47.9 Å². The van der Waals surface area contributed by atoms with Crippen LogP contribution >= 0.6 is 11.3 Å². The minimum Gasteiger partial charge on any atom is -0.493 e. The van der Waals surface area contributed by atoms with E-state index >= 15 is 0 Å². The number of amides is 1. The number of hydrogen-bond acceptors (Lipinski definition) is 7. The van der Waals surface area contributed by atoms with E-state index in [1.807, 2.05) is 36.6 Å². The predicted molar refractivity (Wildman–Crippen MR) is 125 cm³/mol. The van der Waals surface area contributed by atoms with Gasteiger partial charge in [0.05, 0.1) is 32.0 Å². The van der Waals surface area contributed by atoms with E-state index in [1.54, 1.807) is 50.9 Å². The molecule has 0 unspecified atom stereocenters. The van der Waals surface area contributed by atoms with E-state index in [4.69, 9.17) is 18.9 Å². The lowest BCUT2D eigenvalue weighted by atomic mass is 10.1. The van der Waals surface area contributed by atoms with Gasteiger partial charge in [-0.25, -0.2) is 4.98 Å². The fraction of sp³-hybridized carbons (Fsp3) is 0.250. The van der Waals surface area contributed by atoms with Crippen molar-refractivity contribution in [1.29, 1.82) is 0 Å². The van der Waals surface area contributed by atoms with Gasteiger partial charge in [-0.2, -0.15) is 0 Å². The van der Waals surface area contributed by atoms with E-state index in [0.717, 1.165) is 27.6 Å². The number of nitrogens with zero attached hydrogens (tertiary/aromatic N) is 1. The van der Waals surface area contributed by atoms with Gasteiger partial charge in [-0.1, -0.05) is 12.1 Å². The second-order valence-corrected chi connectivity index (χ2v) is 7.86. The van der Waals surface area contributed by atoms with E-state index in [9.17, 15) is 4.79 Å². The molecule has 1 N–H and O–H groups in total. The molecule has 168 valence electrons. The monoisotopic (exact) mass is 454 g/mol. The Morgan fingerprint density at radius 1 is 1.06 bits per heavy atom. The van der Waals surface area contributed by atoms with Gasteiger partial charge < -0.3 is 24.3 Å². The maximum Gasteiger partial charge on any atom is 0.244 e. The molecular formula is C24H26N2O5S. The number of benzene rings is 2. The third-order valence-electron chi connectivity index (χ3n) is 4.55. The van der Waals surface area contributed by atoms with Gasteiger partial charge in [0.25, 0.3) is 0 Å². The molecule has 0 aliphatic rings. The molecule has 3 aromatic rings. The van der Waals surface area contributed by atoms with Crippen molar-refractivity contribution in [3.05, 3.63) is 69.7 Å². The summed E-state index contributed by atoms with van der Waals surface area (Å²) in [5.74, 6) is 2.13. The maximum absolute atomic E-state index is 12.2. The van der Waals surface area contributed by atoms with Crippen LogP contribution in [0.5, 0.6) is 23.0 Å². The lowest BCUT2D eigenvalue weighted by Gasteiger charge is -2.14. The van der Waals surface area contributed by atoms with Crippen molar-refractivity contribution < 1.29 is 23.7 Å². The van der Waals surface area contributed by atoms with Crippen molar-refractivity contribution in [3.8, 4) is 23.0 Å². The number of aryl methyl sites for hydroxylation is 1. The van der Waals surface area contributed by atoms with Gasteiger partial charge in [-0.3, -0.25) is 4.79 Å². The second-order valence-electron chi connectivity index (χ2n) is 6.80. The number of rotatable bonds is 10. The highest BCUT2D eigenvalue weighted by Crippen LogP contribution is 2.38. The third kappa shape index (κ3) is 6.24. The highest BCUT2D eigenvalue weighted by molar-refractivity contribution is 7.09. The Morgan fingerprint density at radius 2 is 1.75 bits per heavy atom. The molecule has 32 heavy (non-hydrogen) atoms. The van der Waals surface area contributed by atoms with Crippen molar-refractivity contribution in [2.24, 2.45) is 0 Å². The summed E-state index contributed by atoms with van der Waals surface area (Å²) >= 11 is 1.60. The van der Waals surface area contributed by atoms with Crippen molar-refractivity contribution in [2.45, 2.75) is 20.1 Å². The fourth-order valence-corrected chi connectivity index (χ4v) is 3.56. The molecule has 1 aromatic heterocycles. The van der Waals surface area contributed by atoms with Gasteiger partial charge in [-0.15, -0.1) is 11.3 Å². The molecule has 0 saturated heterocycles. The summed E-state index contributed by atoms with van der Waals surface area (Å²) in [6.45, 7) is 2.72. The Morgan fingerprint density at radius 3 is 2.31 bits per heavy atom. The summed E-state index contributed by atoms with van der Waals surface area (Å²) < 4.78 is 21.7. The Hall–Kier alpha value is -3.52. The lowest BCUT2D eigenvalue weighted by Crippen LogP contribution is -2.20. The van der Waals surface area contributed by atoms with E-state index in [2.05, 4.69) is 10.3 Å². The number of aromatic nitrogens is 1. The van der Waals surface area contributed by atoms with Crippen LogP contribution in [0.4, 0.5) is 0 Å². The summed E-state index contributed by atoms with van der Waals surface area (Å²) in [4.78, 5) is 16.6. The first kappa shape index (κ1) is 23.1. The number of ether oxygens (including phenoxy) is 4. The Labute approximate surface area is 191 Å². The average molecular weight is 455 g/mol. The molecule has 1 amide bonds. The normalized spacial score (nSPS) is 10.8. The molecule has 0 aliphatic carbocycles. The number of hydrogen-bond donors (Lipinski definition) is 1. The minimum absolute atomic E-state index is 0.210. The number of carbonyl (C=O) groups excluding carboxylic acids is 1. The number of nitrogens with one attached hydrogen (secondary N) is 1. The van der Waals surface area contributed by atoms with Gasteiger partial charge in [0.2, 0.25) is 11.7 Å². The smallest absolute Gasteiger partial charge is 0.244 e. The van der Waals surface area contributed by atoms with Gasteiger partial charge in [0.15, 0.2) is 11.5 Å². The minimum atomic E-state index is -0.210. The zero-order valence-electron chi connectivity index (χ0n) is 18.5. The Bertz CT molecular complexity index is 1050. The molecule has 0 bridgehead atoms. The van der Waals surface area contributed by atoms with Crippen LogP contribution in [-0.2, 0) is 17.9 Å². The molecule has 0 fully saturated rings. The highest BCUT2D eigenvalue weighted by Gasteiger charge is 2.13. The molecule has 7 nitrogen and oxygen atoms in total. The van der Waals surface area contributed by atoms with Crippen LogP contribution in [0.3, 0.4) is 0 Å². The fourth-order valence-electron chi connectivity index (χ4n) is 2.96. The molecule has 3 rings (SSSR count). The SMILES string of the molecule is COc1cc(CNC(=O)/C=C/c2ccc(OCc3csc(C)n3)cc2)cc(OC)c1OC. The van der Waals surface area contributed by atoms with Crippen molar-refractivity contribution in [1.82, 2.24) is 10.3 Å². The largest absolute Gasteiger partial charge is 0.493 e. The van der Waals surface area contributed by atoms with Gasteiger partial charge >= 0.3 is 0 Å². The first-order valence-corrected chi connectivity index (χ1v) is 10.8. The third-order valence-corrected chi connectivity index (χ3v) is 5.37. The van der Waals surface area contributed by atoms with Gasteiger partial charge in [0, 0.05) is 18.0 Å². The maximum atomic E-state index is 12.2. The van der Waals surface area contributed by atoms with E-state index < -0.39 is 0 Å².